The van der Waals surface area contributed by atoms with Crippen molar-refractivity contribution in [2.75, 3.05) is 45.0 Å². The van der Waals surface area contributed by atoms with Crippen LogP contribution in [0.4, 0.5) is 23.0 Å². The van der Waals surface area contributed by atoms with E-state index >= 15 is 0 Å². The van der Waals surface area contributed by atoms with E-state index < -0.39 is 11.2 Å². The van der Waals surface area contributed by atoms with Crippen LogP contribution in [0.25, 0.3) is 22.2 Å². The van der Waals surface area contributed by atoms with Crippen molar-refractivity contribution in [2.24, 2.45) is 0 Å². The number of nitro benzene ring substituents is 1. The molecular weight excluding hydrogens is 450 g/mol. The summed E-state index contributed by atoms with van der Waals surface area (Å²) in [5, 5.41) is 26.5. The van der Waals surface area contributed by atoms with Crippen LogP contribution in [0.5, 0.6) is 5.75 Å². The number of aliphatic hydroxyl groups excluding tert-OH is 1. The highest BCUT2D eigenvalue weighted by atomic mass is 16.6. The number of likely N-dealkylation sites (N-methyl/N-ethyl adjacent to an activating group) is 2. The molecule has 0 aliphatic rings. The predicted octanol–water partition coefficient (Wildman–Crippen LogP) is 3.60. The normalized spacial score (nSPS) is 12.1. The van der Waals surface area contributed by atoms with Crippen LogP contribution in [0, 0.1) is 10.1 Å². The number of nitro groups is 1. The van der Waals surface area contributed by atoms with Crippen LogP contribution in [0.1, 0.15) is 0 Å². The lowest BCUT2D eigenvalue weighted by molar-refractivity contribution is -0.384. The minimum Gasteiger partial charge on any atom is -0.494 e. The summed E-state index contributed by atoms with van der Waals surface area (Å²) < 4.78 is 5.50. The number of rotatable bonds is 9. The van der Waals surface area contributed by atoms with Gasteiger partial charge in [-0.3, -0.25) is 10.1 Å². The van der Waals surface area contributed by atoms with Gasteiger partial charge in [0, 0.05) is 54.6 Å². The van der Waals surface area contributed by atoms with E-state index in [-0.39, 0.29) is 17.3 Å². The van der Waals surface area contributed by atoms with E-state index in [9.17, 15) is 15.2 Å². The summed E-state index contributed by atoms with van der Waals surface area (Å²) in [6.45, 7) is 0.296. The number of ether oxygens (including phenoxy) is 1. The number of para-hydroxylation sites is 1. The quantitative estimate of drug-likeness (QED) is 0.188. The Morgan fingerprint density at radius 3 is 2.71 bits per heavy atom. The maximum atomic E-state index is 11.9. The molecule has 4 rings (SSSR count). The Labute approximate surface area is 202 Å². The second-order valence-corrected chi connectivity index (χ2v) is 8.29. The molecule has 11 heteroatoms. The average molecular weight is 478 g/mol. The zero-order chi connectivity index (χ0) is 25.1. The topological polar surface area (TPSA) is 133 Å². The Kier molecular flexibility index (Phi) is 6.80. The lowest BCUT2D eigenvalue weighted by atomic mass is 10.1. The van der Waals surface area contributed by atoms with Gasteiger partial charge in [-0.2, -0.15) is 0 Å². The van der Waals surface area contributed by atoms with Gasteiger partial charge in [0.2, 0.25) is 5.95 Å². The maximum absolute atomic E-state index is 11.9. The molecule has 2 heterocycles. The highest BCUT2D eigenvalue weighted by Crippen LogP contribution is 2.39. The zero-order valence-electron chi connectivity index (χ0n) is 19.9. The molecule has 0 fully saturated rings. The van der Waals surface area contributed by atoms with E-state index in [2.05, 4.69) is 20.3 Å². The summed E-state index contributed by atoms with van der Waals surface area (Å²) in [5.74, 6) is 0.602. The van der Waals surface area contributed by atoms with Crippen LogP contribution in [-0.2, 0) is 0 Å². The first-order valence-corrected chi connectivity index (χ1v) is 10.9. The molecule has 0 saturated heterocycles. The third kappa shape index (κ3) is 5.00. The second-order valence-electron chi connectivity index (χ2n) is 8.29. The van der Waals surface area contributed by atoms with E-state index in [1.165, 1.54) is 24.1 Å². The number of hydrogen-bond acceptors (Lipinski definition) is 9. The molecule has 35 heavy (non-hydrogen) atoms. The van der Waals surface area contributed by atoms with Gasteiger partial charge in [0.25, 0.3) is 5.69 Å². The second kappa shape index (κ2) is 9.95. The van der Waals surface area contributed by atoms with Crippen molar-refractivity contribution in [1.29, 1.82) is 0 Å². The smallest absolute Gasteiger partial charge is 0.294 e. The van der Waals surface area contributed by atoms with E-state index in [0.29, 0.717) is 23.7 Å². The average Bonchev–Trinajstić information content (AvgIpc) is 3.27. The highest BCUT2D eigenvalue weighted by molar-refractivity contribution is 5.94. The van der Waals surface area contributed by atoms with E-state index in [1.807, 2.05) is 44.6 Å². The summed E-state index contributed by atoms with van der Waals surface area (Å²) in [4.78, 5) is 26.7. The van der Waals surface area contributed by atoms with Gasteiger partial charge in [0.1, 0.15) is 17.7 Å². The number of nitrogens with one attached hydrogen (secondary N) is 2. The standard InChI is InChI=1S/C24H27N7O4/c1-29(2)14-23(32)30(3)20-12-22(35-4)19(11-21(20)31(33)34)28-24-25-10-9-18(27-24)16-13-26-17-8-6-5-7-15(16)17/h5-13,23,26,32H,14H2,1-4H3,(H,25,27,28). The third-order valence-corrected chi connectivity index (χ3v) is 5.62. The fraction of sp³-hybridized carbons (Fsp3) is 0.250. The summed E-state index contributed by atoms with van der Waals surface area (Å²) >= 11 is 0. The Balaban J connectivity index is 1.70. The number of fused-ring (bicyclic) bond motifs is 1. The summed E-state index contributed by atoms with van der Waals surface area (Å²) in [6, 6.07) is 12.6. The molecule has 0 radical (unpaired) electrons. The van der Waals surface area contributed by atoms with Crippen LogP contribution in [-0.4, -0.2) is 70.9 Å². The Morgan fingerprint density at radius 1 is 1.23 bits per heavy atom. The maximum Gasteiger partial charge on any atom is 0.294 e. The molecule has 0 aliphatic heterocycles. The van der Waals surface area contributed by atoms with Gasteiger partial charge in [-0.25, -0.2) is 9.97 Å². The molecule has 2 aromatic carbocycles. The van der Waals surface area contributed by atoms with Crippen LogP contribution in [0.15, 0.2) is 54.9 Å². The molecular formula is C24H27N7O4. The van der Waals surface area contributed by atoms with E-state index in [1.54, 1.807) is 24.2 Å². The highest BCUT2D eigenvalue weighted by Gasteiger charge is 2.25. The minimum atomic E-state index is -0.955. The summed E-state index contributed by atoms with van der Waals surface area (Å²) in [7, 11) is 6.68. The number of aromatic nitrogens is 3. The van der Waals surface area contributed by atoms with Gasteiger partial charge in [-0.15, -0.1) is 0 Å². The first-order valence-electron chi connectivity index (χ1n) is 10.9. The van der Waals surface area contributed by atoms with Gasteiger partial charge < -0.3 is 29.9 Å². The predicted molar refractivity (Wildman–Crippen MR) is 135 cm³/mol. The molecule has 4 aromatic rings. The molecule has 3 N–H and O–H groups in total. The number of methoxy groups -OCH3 is 1. The molecule has 0 aliphatic carbocycles. The Hall–Kier alpha value is -4.22. The van der Waals surface area contributed by atoms with Crippen molar-refractivity contribution < 1.29 is 14.8 Å². The number of H-pyrrole nitrogens is 1. The van der Waals surface area contributed by atoms with E-state index in [4.69, 9.17) is 4.74 Å². The molecule has 1 unspecified atom stereocenters. The molecule has 2 aromatic heterocycles. The lowest BCUT2D eigenvalue weighted by Gasteiger charge is -2.28. The SMILES string of the molecule is COc1cc(N(C)C(O)CN(C)C)c([N+](=O)[O-])cc1Nc1nccc(-c2c[nH]c3ccccc23)n1. The van der Waals surface area contributed by atoms with Crippen molar-refractivity contribution in [1.82, 2.24) is 19.9 Å². The Bertz CT molecular complexity index is 1350. The van der Waals surface area contributed by atoms with Crippen molar-refractivity contribution in [3.63, 3.8) is 0 Å². The first kappa shape index (κ1) is 23.9. The lowest BCUT2D eigenvalue weighted by Crippen LogP contribution is -2.39. The number of aliphatic hydroxyl groups is 1. The van der Waals surface area contributed by atoms with Crippen LogP contribution >= 0.6 is 0 Å². The molecule has 0 bridgehead atoms. The number of nitrogens with zero attached hydrogens (tertiary/aromatic N) is 5. The summed E-state index contributed by atoms with van der Waals surface area (Å²) in [5.41, 5.74) is 2.95. The molecule has 0 saturated carbocycles. The van der Waals surface area contributed by atoms with E-state index in [0.717, 1.165) is 16.5 Å². The fourth-order valence-corrected chi connectivity index (χ4v) is 3.84. The van der Waals surface area contributed by atoms with Crippen molar-refractivity contribution in [3.05, 3.63) is 65.0 Å². The number of anilines is 3. The fourth-order valence-electron chi connectivity index (χ4n) is 3.84. The minimum absolute atomic E-state index is 0.193. The zero-order valence-corrected chi connectivity index (χ0v) is 19.9. The van der Waals surface area contributed by atoms with Crippen molar-refractivity contribution in [2.45, 2.75) is 6.23 Å². The first-order chi connectivity index (χ1) is 16.8. The van der Waals surface area contributed by atoms with Crippen LogP contribution in [0.2, 0.25) is 0 Å². The van der Waals surface area contributed by atoms with Gasteiger partial charge in [0.15, 0.2) is 0 Å². The molecule has 1 atom stereocenters. The van der Waals surface area contributed by atoms with Gasteiger partial charge in [-0.05, 0) is 26.2 Å². The van der Waals surface area contributed by atoms with Gasteiger partial charge >= 0.3 is 0 Å². The number of hydrogen-bond donors (Lipinski definition) is 3. The molecule has 182 valence electrons. The largest absolute Gasteiger partial charge is 0.494 e. The van der Waals surface area contributed by atoms with Gasteiger partial charge in [-0.1, -0.05) is 18.2 Å². The monoisotopic (exact) mass is 477 g/mol. The number of aromatic amines is 1. The molecule has 0 spiro atoms. The number of benzene rings is 2. The molecule has 0 amide bonds. The summed E-state index contributed by atoms with van der Waals surface area (Å²) in [6.07, 6.45) is 2.54. The Morgan fingerprint density at radius 2 is 2.00 bits per heavy atom. The molecule has 11 nitrogen and oxygen atoms in total. The third-order valence-electron chi connectivity index (χ3n) is 5.62. The van der Waals surface area contributed by atoms with Gasteiger partial charge in [0.05, 0.1) is 23.4 Å². The van der Waals surface area contributed by atoms with Crippen molar-refractivity contribution >= 4 is 33.9 Å². The van der Waals surface area contributed by atoms with Crippen LogP contribution < -0.4 is 15.0 Å². The van der Waals surface area contributed by atoms with Crippen LogP contribution in [0.3, 0.4) is 0 Å². The van der Waals surface area contributed by atoms with Crippen molar-refractivity contribution in [3.8, 4) is 17.0 Å².